The Morgan fingerprint density at radius 3 is 2.76 bits per heavy atom. The lowest BCUT2D eigenvalue weighted by atomic mass is 10.0. The zero-order chi connectivity index (χ0) is 20.5. The molecule has 1 aromatic carbocycles. The number of imide groups is 1. The summed E-state index contributed by atoms with van der Waals surface area (Å²) in [6.07, 6.45) is 4.56. The van der Waals surface area contributed by atoms with E-state index in [0.717, 1.165) is 35.9 Å². The van der Waals surface area contributed by atoms with Crippen molar-refractivity contribution in [1.82, 2.24) is 9.80 Å². The number of thioether (sulfide) groups is 1. The fourth-order valence-corrected chi connectivity index (χ4v) is 4.53. The van der Waals surface area contributed by atoms with Crippen LogP contribution in [-0.4, -0.2) is 59.9 Å². The second-order valence-corrected chi connectivity index (χ2v) is 8.14. The number of carbonyl (C=O) groups excluding carboxylic acids is 3. The van der Waals surface area contributed by atoms with Crippen LogP contribution >= 0.6 is 11.8 Å². The molecule has 9 heteroatoms. The molecule has 0 radical (unpaired) electrons. The van der Waals surface area contributed by atoms with Crippen LogP contribution in [0, 0.1) is 0 Å². The Labute approximate surface area is 172 Å². The van der Waals surface area contributed by atoms with E-state index in [0.29, 0.717) is 29.4 Å². The third-order valence-electron chi connectivity index (χ3n) is 5.30. The molecule has 0 spiro atoms. The first kappa shape index (κ1) is 19.6. The molecule has 1 aromatic rings. The molecule has 2 fully saturated rings. The number of fused-ring (bicyclic) bond motifs is 1. The molecule has 3 heterocycles. The van der Waals surface area contributed by atoms with Gasteiger partial charge in [0.25, 0.3) is 11.1 Å². The van der Waals surface area contributed by atoms with E-state index >= 15 is 0 Å². The van der Waals surface area contributed by atoms with E-state index in [9.17, 15) is 14.4 Å². The van der Waals surface area contributed by atoms with Crippen molar-refractivity contribution in [1.29, 1.82) is 0 Å². The Morgan fingerprint density at radius 2 is 2.03 bits per heavy atom. The molecule has 3 aliphatic rings. The number of amides is 3. The van der Waals surface area contributed by atoms with Crippen LogP contribution in [0.3, 0.4) is 0 Å². The standard InChI is InChI=1S/C20H22N2O6S/c1-12-5-3-4-6-21(12)18(23)10-22-19(24)17(29-20(22)25)8-13-7-15-16(28-11-27-15)9-14(13)26-2/h7-9,12H,3-6,10-11H2,1-2H3/b17-8-/t12-/m1/s1. The number of rotatable bonds is 4. The van der Waals surface area contributed by atoms with Crippen molar-refractivity contribution < 1.29 is 28.6 Å². The van der Waals surface area contributed by atoms with E-state index in [4.69, 9.17) is 14.2 Å². The number of hydrogen-bond acceptors (Lipinski definition) is 7. The van der Waals surface area contributed by atoms with Crippen LogP contribution in [0.2, 0.25) is 0 Å². The van der Waals surface area contributed by atoms with Gasteiger partial charge in [0, 0.05) is 24.2 Å². The van der Waals surface area contributed by atoms with Gasteiger partial charge < -0.3 is 19.1 Å². The smallest absolute Gasteiger partial charge is 0.294 e. The van der Waals surface area contributed by atoms with Gasteiger partial charge >= 0.3 is 0 Å². The highest BCUT2D eigenvalue weighted by Gasteiger charge is 2.38. The third kappa shape index (κ3) is 3.78. The van der Waals surface area contributed by atoms with Crippen molar-refractivity contribution in [2.45, 2.75) is 32.2 Å². The maximum absolute atomic E-state index is 12.8. The van der Waals surface area contributed by atoms with Gasteiger partial charge in [-0.2, -0.15) is 0 Å². The molecule has 0 aromatic heterocycles. The fraction of sp³-hybridized carbons (Fsp3) is 0.450. The third-order valence-corrected chi connectivity index (χ3v) is 6.21. The maximum atomic E-state index is 12.8. The highest BCUT2D eigenvalue weighted by molar-refractivity contribution is 8.18. The second-order valence-electron chi connectivity index (χ2n) is 7.15. The van der Waals surface area contributed by atoms with Crippen molar-refractivity contribution in [2.24, 2.45) is 0 Å². The summed E-state index contributed by atoms with van der Waals surface area (Å²) in [5.74, 6) is 0.942. The van der Waals surface area contributed by atoms with E-state index < -0.39 is 11.1 Å². The van der Waals surface area contributed by atoms with Crippen LogP contribution in [0.25, 0.3) is 6.08 Å². The largest absolute Gasteiger partial charge is 0.496 e. The number of hydrogen-bond donors (Lipinski definition) is 0. The Bertz CT molecular complexity index is 899. The molecular formula is C20H22N2O6S. The zero-order valence-corrected chi connectivity index (χ0v) is 17.1. The van der Waals surface area contributed by atoms with Crippen molar-refractivity contribution in [3.8, 4) is 17.2 Å². The summed E-state index contributed by atoms with van der Waals surface area (Å²) in [6.45, 7) is 2.55. The van der Waals surface area contributed by atoms with Gasteiger partial charge in [0.2, 0.25) is 12.7 Å². The molecule has 0 N–H and O–H groups in total. The molecule has 1 atom stereocenters. The minimum absolute atomic E-state index is 0.121. The summed E-state index contributed by atoms with van der Waals surface area (Å²) < 4.78 is 16.1. The minimum atomic E-state index is -0.474. The first-order valence-electron chi connectivity index (χ1n) is 9.50. The van der Waals surface area contributed by atoms with E-state index in [1.165, 1.54) is 7.11 Å². The molecule has 0 aliphatic carbocycles. The average molecular weight is 418 g/mol. The number of piperidine rings is 1. The van der Waals surface area contributed by atoms with Gasteiger partial charge in [-0.3, -0.25) is 19.3 Å². The second kappa shape index (κ2) is 7.98. The lowest BCUT2D eigenvalue weighted by Crippen LogP contribution is -2.47. The predicted molar refractivity (Wildman–Crippen MR) is 107 cm³/mol. The minimum Gasteiger partial charge on any atom is -0.496 e. The molecule has 154 valence electrons. The van der Waals surface area contributed by atoms with Crippen LogP contribution in [0.5, 0.6) is 17.2 Å². The van der Waals surface area contributed by atoms with Crippen molar-refractivity contribution in [3.05, 3.63) is 22.6 Å². The fourth-order valence-electron chi connectivity index (χ4n) is 3.70. The van der Waals surface area contributed by atoms with E-state index in [1.54, 1.807) is 23.1 Å². The quantitative estimate of drug-likeness (QED) is 0.695. The topological polar surface area (TPSA) is 85.4 Å². The number of carbonyl (C=O) groups is 3. The number of ether oxygens (including phenoxy) is 3. The van der Waals surface area contributed by atoms with E-state index in [2.05, 4.69) is 0 Å². The summed E-state index contributed by atoms with van der Waals surface area (Å²) in [5.41, 5.74) is 0.596. The highest BCUT2D eigenvalue weighted by atomic mass is 32.2. The molecule has 3 aliphatic heterocycles. The summed E-state index contributed by atoms with van der Waals surface area (Å²) in [5, 5.41) is -0.445. The van der Waals surface area contributed by atoms with Gasteiger partial charge in [-0.15, -0.1) is 0 Å². The summed E-state index contributed by atoms with van der Waals surface area (Å²) >= 11 is 0.819. The van der Waals surface area contributed by atoms with Crippen LogP contribution in [0.1, 0.15) is 31.7 Å². The maximum Gasteiger partial charge on any atom is 0.294 e. The van der Waals surface area contributed by atoms with Crippen molar-refractivity contribution in [2.75, 3.05) is 27.0 Å². The van der Waals surface area contributed by atoms with Crippen LogP contribution in [0.15, 0.2) is 17.0 Å². The van der Waals surface area contributed by atoms with Crippen LogP contribution < -0.4 is 14.2 Å². The van der Waals surface area contributed by atoms with Crippen LogP contribution in [0.4, 0.5) is 4.79 Å². The average Bonchev–Trinajstić information content (AvgIpc) is 3.27. The van der Waals surface area contributed by atoms with Gasteiger partial charge in [-0.05, 0) is 50.1 Å². The summed E-state index contributed by atoms with van der Waals surface area (Å²) in [6, 6.07) is 3.51. The lowest BCUT2D eigenvalue weighted by Gasteiger charge is -2.34. The van der Waals surface area contributed by atoms with E-state index in [1.807, 2.05) is 6.92 Å². The number of methoxy groups -OCH3 is 1. The van der Waals surface area contributed by atoms with Crippen molar-refractivity contribution >= 4 is 34.9 Å². The number of benzene rings is 1. The Hall–Kier alpha value is -2.68. The molecule has 3 amide bonds. The molecule has 29 heavy (non-hydrogen) atoms. The van der Waals surface area contributed by atoms with Gasteiger partial charge in [-0.25, -0.2) is 0 Å². The zero-order valence-electron chi connectivity index (χ0n) is 16.3. The van der Waals surface area contributed by atoms with Gasteiger partial charge in [0.1, 0.15) is 12.3 Å². The van der Waals surface area contributed by atoms with Crippen LogP contribution in [-0.2, 0) is 9.59 Å². The number of nitrogens with zero attached hydrogens (tertiary/aromatic N) is 2. The Balaban J connectivity index is 1.53. The number of likely N-dealkylation sites (tertiary alicyclic amines) is 1. The van der Waals surface area contributed by atoms with Crippen molar-refractivity contribution in [3.63, 3.8) is 0 Å². The first-order valence-corrected chi connectivity index (χ1v) is 10.3. The van der Waals surface area contributed by atoms with Gasteiger partial charge in [0.15, 0.2) is 11.5 Å². The Morgan fingerprint density at radius 1 is 1.28 bits per heavy atom. The summed E-state index contributed by atoms with van der Waals surface area (Å²) in [7, 11) is 1.51. The normalized spacial score (nSPS) is 22.6. The first-order chi connectivity index (χ1) is 14.0. The molecular weight excluding hydrogens is 396 g/mol. The van der Waals surface area contributed by atoms with Gasteiger partial charge in [0.05, 0.1) is 12.0 Å². The summed E-state index contributed by atoms with van der Waals surface area (Å²) in [4.78, 5) is 40.9. The van der Waals surface area contributed by atoms with E-state index in [-0.39, 0.29) is 30.2 Å². The Kier molecular flexibility index (Phi) is 5.40. The lowest BCUT2D eigenvalue weighted by molar-refractivity contribution is -0.138. The molecule has 8 nitrogen and oxygen atoms in total. The molecule has 4 rings (SSSR count). The van der Waals surface area contributed by atoms with Gasteiger partial charge in [-0.1, -0.05) is 0 Å². The SMILES string of the molecule is COc1cc2c(cc1/C=C1\SC(=O)N(CC(=O)N3CCCC[C@H]3C)C1=O)OCO2. The highest BCUT2D eigenvalue weighted by Crippen LogP contribution is 2.41. The molecule has 0 bridgehead atoms. The molecule has 0 saturated carbocycles. The predicted octanol–water partition coefficient (Wildman–Crippen LogP) is 2.86. The molecule has 0 unspecified atom stereocenters. The monoisotopic (exact) mass is 418 g/mol. The molecule has 2 saturated heterocycles.